The van der Waals surface area contributed by atoms with E-state index in [1.807, 2.05) is 18.2 Å². The number of benzene rings is 1. The minimum atomic E-state index is -0.485. The molecule has 0 radical (unpaired) electrons. The van der Waals surface area contributed by atoms with Gasteiger partial charge in [-0.25, -0.2) is 0 Å². The highest BCUT2D eigenvalue weighted by atomic mass is 16.5. The number of nitrogens with one attached hydrogen (secondary N) is 1. The molecule has 118 valence electrons. The van der Waals surface area contributed by atoms with E-state index >= 15 is 0 Å². The van der Waals surface area contributed by atoms with Crippen molar-refractivity contribution in [2.45, 2.75) is 71.9 Å². The lowest BCUT2D eigenvalue weighted by Crippen LogP contribution is -2.42. The van der Waals surface area contributed by atoms with Crippen LogP contribution in [0.15, 0.2) is 24.3 Å². The van der Waals surface area contributed by atoms with Gasteiger partial charge in [0.1, 0.15) is 5.75 Å². The third-order valence-electron chi connectivity index (χ3n) is 3.71. The molecule has 0 fully saturated rings. The summed E-state index contributed by atoms with van der Waals surface area (Å²) in [5, 5.41) is 3.02. The molecular formula is C18H29NO2. The number of hydrogen-bond acceptors (Lipinski definition) is 2. The highest BCUT2D eigenvalue weighted by molar-refractivity contribution is 5.81. The first-order valence-electron chi connectivity index (χ1n) is 7.85. The zero-order valence-electron chi connectivity index (χ0n) is 14.2. The second kappa shape index (κ2) is 7.48. The first-order chi connectivity index (χ1) is 9.77. The first kappa shape index (κ1) is 17.5. The van der Waals surface area contributed by atoms with Crippen LogP contribution in [0.5, 0.6) is 5.75 Å². The van der Waals surface area contributed by atoms with E-state index in [0.29, 0.717) is 0 Å². The van der Waals surface area contributed by atoms with E-state index in [0.717, 1.165) is 18.6 Å². The summed E-state index contributed by atoms with van der Waals surface area (Å²) in [5.41, 5.74) is 1.27. The molecule has 21 heavy (non-hydrogen) atoms. The second-order valence-corrected chi connectivity index (χ2v) is 6.56. The number of hydrogen-bond donors (Lipinski definition) is 1. The zero-order valence-corrected chi connectivity index (χ0v) is 14.2. The van der Waals surface area contributed by atoms with Crippen LogP contribution in [0, 0.1) is 0 Å². The van der Waals surface area contributed by atoms with Crippen LogP contribution in [-0.2, 0) is 10.2 Å². The van der Waals surface area contributed by atoms with Gasteiger partial charge in [-0.05, 0) is 42.9 Å². The molecule has 1 aromatic rings. The van der Waals surface area contributed by atoms with Crippen molar-refractivity contribution in [3.8, 4) is 5.75 Å². The lowest BCUT2D eigenvalue weighted by molar-refractivity contribution is -0.128. The fourth-order valence-corrected chi connectivity index (χ4v) is 2.10. The Bertz CT molecular complexity index is 459. The maximum absolute atomic E-state index is 12.1. The van der Waals surface area contributed by atoms with Gasteiger partial charge in [-0.1, -0.05) is 46.8 Å². The molecule has 3 heteroatoms. The number of carbonyl (C=O) groups excluding carboxylic acids is 1. The summed E-state index contributed by atoms with van der Waals surface area (Å²) in [7, 11) is 0. The van der Waals surface area contributed by atoms with Crippen molar-refractivity contribution < 1.29 is 9.53 Å². The number of ether oxygens (including phenoxy) is 1. The highest BCUT2D eigenvalue weighted by Crippen LogP contribution is 2.26. The van der Waals surface area contributed by atoms with E-state index in [4.69, 9.17) is 4.74 Å². The molecule has 0 bridgehead atoms. The van der Waals surface area contributed by atoms with E-state index < -0.39 is 6.10 Å². The Balaban J connectivity index is 2.70. The molecule has 0 aromatic heterocycles. The average Bonchev–Trinajstić information content (AvgIpc) is 2.43. The van der Waals surface area contributed by atoms with Gasteiger partial charge in [-0.15, -0.1) is 0 Å². The average molecular weight is 291 g/mol. The Morgan fingerprint density at radius 1 is 1.24 bits per heavy atom. The topological polar surface area (TPSA) is 38.3 Å². The van der Waals surface area contributed by atoms with Crippen LogP contribution in [-0.4, -0.2) is 18.1 Å². The van der Waals surface area contributed by atoms with Crippen LogP contribution in [0.4, 0.5) is 0 Å². The largest absolute Gasteiger partial charge is 0.481 e. The molecule has 1 N–H and O–H groups in total. The molecule has 1 rings (SSSR count). The molecule has 0 saturated heterocycles. The maximum atomic E-state index is 12.1. The van der Waals surface area contributed by atoms with Gasteiger partial charge in [0.15, 0.2) is 6.10 Å². The molecular weight excluding hydrogens is 262 g/mol. The van der Waals surface area contributed by atoms with Gasteiger partial charge in [0.2, 0.25) is 0 Å². The summed E-state index contributed by atoms with van der Waals surface area (Å²) in [5.74, 6) is 0.694. The van der Waals surface area contributed by atoms with Crippen molar-refractivity contribution in [1.82, 2.24) is 5.32 Å². The Labute approximate surface area is 129 Å². The van der Waals surface area contributed by atoms with Crippen molar-refractivity contribution in [3.63, 3.8) is 0 Å². The second-order valence-electron chi connectivity index (χ2n) is 6.56. The van der Waals surface area contributed by atoms with Crippen LogP contribution < -0.4 is 10.1 Å². The quantitative estimate of drug-likeness (QED) is 0.858. The van der Waals surface area contributed by atoms with Gasteiger partial charge in [-0.2, -0.15) is 0 Å². The van der Waals surface area contributed by atoms with Crippen molar-refractivity contribution in [1.29, 1.82) is 0 Å². The third-order valence-corrected chi connectivity index (χ3v) is 3.71. The lowest BCUT2D eigenvalue weighted by Gasteiger charge is -2.22. The summed E-state index contributed by atoms with van der Waals surface area (Å²) in [6.07, 6.45) is 1.39. The van der Waals surface area contributed by atoms with Gasteiger partial charge in [0.05, 0.1) is 0 Å². The molecule has 1 aromatic carbocycles. The predicted octanol–water partition coefficient (Wildman–Crippen LogP) is 4.06. The summed E-state index contributed by atoms with van der Waals surface area (Å²) < 4.78 is 5.79. The van der Waals surface area contributed by atoms with Gasteiger partial charge >= 0.3 is 0 Å². The van der Waals surface area contributed by atoms with Gasteiger partial charge < -0.3 is 10.1 Å². The fourth-order valence-electron chi connectivity index (χ4n) is 2.10. The summed E-state index contributed by atoms with van der Waals surface area (Å²) in [6, 6.07) is 8.20. The normalized spacial score (nSPS) is 13.1. The summed E-state index contributed by atoms with van der Waals surface area (Å²) in [4.78, 5) is 12.1. The van der Waals surface area contributed by atoms with Crippen molar-refractivity contribution >= 4 is 5.91 Å². The Morgan fingerprint density at radius 2 is 1.86 bits per heavy atom. The van der Waals surface area contributed by atoms with Crippen molar-refractivity contribution in [3.05, 3.63) is 29.8 Å². The van der Waals surface area contributed by atoms with Crippen LogP contribution in [0.2, 0.25) is 0 Å². The van der Waals surface area contributed by atoms with Crippen LogP contribution in [0.3, 0.4) is 0 Å². The van der Waals surface area contributed by atoms with E-state index in [2.05, 4.69) is 46.0 Å². The molecule has 1 unspecified atom stereocenters. The Morgan fingerprint density at radius 3 is 2.38 bits per heavy atom. The molecule has 0 aliphatic carbocycles. The standard InChI is InChI=1S/C18H29NO2/c1-7-15(8-2)19-17(20)13(3)21-16-11-9-10-14(12-16)18(4,5)6/h9-13,15H,7-8H2,1-6H3,(H,19,20). The molecule has 0 spiro atoms. The van der Waals surface area contributed by atoms with Gasteiger partial charge in [0.25, 0.3) is 5.91 Å². The smallest absolute Gasteiger partial charge is 0.260 e. The zero-order chi connectivity index (χ0) is 16.0. The van der Waals surface area contributed by atoms with Crippen molar-refractivity contribution in [2.24, 2.45) is 0 Å². The van der Waals surface area contributed by atoms with Crippen LogP contribution in [0.1, 0.15) is 59.9 Å². The third kappa shape index (κ3) is 5.41. The van der Waals surface area contributed by atoms with Gasteiger partial charge in [0, 0.05) is 6.04 Å². The number of carbonyl (C=O) groups is 1. The lowest BCUT2D eigenvalue weighted by atomic mass is 9.87. The molecule has 1 amide bonds. The molecule has 0 aliphatic rings. The van der Waals surface area contributed by atoms with Gasteiger partial charge in [-0.3, -0.25) is 4.79 Å². The monoisotopic (exact) mass is 291 g/mol. The minimum absolute atomic E-state index is 0.0511. The highest BCUT2D eigenvalue weighted by Gasteiger charge is 2.19. The van der Waals surface area contributed by atoms with E-state index in [9.17, 15) is 4.79 Å². The summed E-state index contributed by atoms with van der Waals surface area (Å²) in [6.45, 7) is 12.4. The molecule has 0 aliphatic heterocycles. The molecule has 0 saturated carbocycles. The van der Waals surface area contributed by atoms with Crippen LogP contribution >= 0.6 is 0 Å². The first-order valence-corrected chi connectivity index (χ1v) is 7.85. The number of rotatable bonds is 6. The summed E-state index contributed by atoms with van der Waals surface area (Å²) >= 11 is 0. The fraction of sp³-hybridized carbons (Fsp3) is 0.611. The minimum Gasteiger partial charge on any atom is -0.481 e. The molecule has 1 atom stereocenters. The van der Waals surface area contributed by atoms with Crippen molar-refractivity contribution in [2.75, 3.05) is 0 Å². The van der Waals surface area contributed by atoms with Crippen LogP contribution in [0.25, 0.3) is 0 Å². The SMILES string of the molecule is CCC(CC)NC(=O)C(C)Oc1cccc(C(C)(C)C)c1. The maximum Gasteiger partial charge on any atom is 0.260 e. The van der Waals surface area contributed by atoms with E-state index in [1.54, 1.807) is 6.92 Å². The molecule has 3 nitrogen and oxygen atoms in total. The molecule has 0 heterocycles. The van der Waals surface area contributed by atoms with E-state index in [-0.39, 0.29) is 17.4 Å². The Kier molecular flexibility index (Phi) is 6.25. The predicted molar refractivity (Wildman–Crippen MR) is 87.7 cm³/mol. The Hall–Kier alpha value is -1.51. The van der Waals surface area contributed by atoms with E-state index in [1.165, 1.54) is 5.56 Å². The number of amides is 1.